The van der Waals surface area contributed by atoms with Crippen molar-refractivity contribution in [3.8, 4) is 0 Å². The zero-order valence-corrected chi connectivity index (χ0v) is 12.2. The molecular weight excluding hydrogens is 258 g/mol. The van der Waals surface area contributed by atoms with Crippen molar-refractivity contribution in [1.82, 2.24) is 15.2 Å². The van der Waals surface area contributed by atoms with Crippen LogP contribution in [-0.2, 0) is 6.54 Å². The molecular formula is C18H21N3. The molecule has 21 heavy (non-hydrogen) atoms. The standard InChI is InChI=1S/C18H21N3/c1-2-6-14(7-3-1)11-21-12-15-10-20-18(16(15)13-21)17-8-4-5-9-19-17/h1-9,15-16,18,20H,10-13H2. The van der Waals surface area contributed by atoms with Crippen molar-refractivity contribution in [3.63, 3.8) is 0 Å². The van der Waals surface area contributed by atoms with Crippen LogP contribution in [-0.4, -0.2) is 29.5 Å². The molecule has 0 bridgehead atoms. The normalized spacial score (nSPS) is 28.7. The highest BCUT2D eigenvalue weighted by molar-refractivity contribution is 5.17. The van der Waals surface area contributed by atoms with Gasteiger partial charge in [0.15, 0.2) is 0 Å². The van der Waals surface area contributed by atoms with E-state index in [0.29, 0.717) is 12.0 Å². The Balaban J connectivity index is 1.46. The van der Waals surface area contributed by atoms with Gasteiger partial charge in [-0.05, 0) is 29.5 Å². The molecule has 3 heteroatoms. The van der Waals surface area contributed by atoms with Crippen molar-refractivity contribution in [3.05, 3.63) is 66.0 Å². The minimum atomic E-state index is 0.428. The van der Waals surface area contributed by atoms with E-state index in [1.54, 1.807) is 0 Å². The van der Waals surface area contributed by atoms with Crippen LogP contribution < -0.4 is 5.32 Å². The van der Waals surface area contributed by atoms with Crippen molar-refractivity contribution < 1.29 is 0 Å². The van der Waals surface area contributed by atoms with Crippen molar-refractivity contribution >= 4 is 0 Å². The lowest BCUT2D eigenvalue weighted by atomic mass is 9.92. The Morgan fingerprint density at radius 1 is 1.05 bits per heavy atom. The van der Waals surface area contributed by atoms with Crippen LogP contribution in [0.4, 0.5) is 0 Å². The van der Waals surface area contributed by atoms with Gasteiger partial charge in [0.25, 0.3) is 0 Å². The topological polar surface area (TPSA) is 28.2 Å². The number of hydrogen-bond acceptors (Lipinski definition) is 3. The Labute approximate surface area is 126 Å². The number of fused-ring (bicyclic) bond motifs is 1. The van der Waals surface area contributed by atoms with Crippen LogP contribution in [0, 0.1) is 11.8 Å². The highest BCUT2D eigenvalue weighted by Crippen LogP contribution is 2.38. The summed E-state index contributed by atoms with van der Waals surface area (Å²) in [7, 11) is 0. The van der Waals surface area contributed by atoms with E-state index in [2.05, 4.69) is 57.7 Å². The quantitative estimate of drug-likeness (QED) is 0.935. The number of hydrogen-bond donors (Lipinski definition) is 1. The van der Waals surface area contributed by atoms with Crippen LogP contribution in [0.5, 0.6) is 0 Å². The monoisotopic (exact) mass is 279 g/mol. The zero-order chi connectivity index (χ0) is 14.1. The fourth-order valence-corrected chi connectivity index (χ4v) is 3.87. The molecule has 0 amide bonds. The maximum absolute atomic E-state index is 4.55. The average Bonchev–Trinajstić information content (AvgIpc) is 3.09. The van der Waals surface area contributed by atoms with Gasteiger partial charge >= 0.3 is 0 Å². The summed E-state index contributed by atoms with van der Waals surface area (Å²) < 4.78 is 0. The van der Waals surface area contributed by atoms with Gasteiger partial charge < -0.3 is 5.32 Å². The zero-order valence-electron chi connectivity index (χ0n) is 12.2. The van der Waals surface area contributed by atoms with Crippen molar-refractivity contribution in [2.75, 3.05) is 19.6 Å². The molecule has 3 heterocycles. The summed E-state index contributed by atoms with van der Waals surface area (Å²) in [6.45, 7) is 4.57. The summed E-state index contributed by atoms with van der Waals surface area (Å²) in [5.41, 5.74) is 2.62. The van der Waals surface area contributed by atoms with Crippen molar-refractivity contribution in [2.24, 2.45) is 11.8 Å². The van der Waals surface area contributed by atoms with Crippen LogP contribution in [0.25, 0.3) is 0 Å². The highest BCUT2D eigenvalue weighted by atomic mass is 15.2. The Kier molecular flexibility index (Phi) is 3.45. The third kappa shape index (κ3) is 2.59. The molecule has 108 valence electrons. The summed E-state index contributed by atoms with van der Waals surface area (Å²) in [6, 6.07) is 17.5. The van der Waals surface area contributed by atoms with Crippen LogP contribution in [0.2, 0.25) is 0 Å². The van der Waals surface area contributed by atoms with Gasteiger partial charge in [0.2, 0.25) is 0 Å². The van der Waals surface area contributed by atoms with E-state index in [-0.39, 0.29) is 0 Å². The van der Waals surface area contributed by atoms with Gasteiger partial charge in [-0.15, -0.1) is 0 Å². The summed E-state index contributed by atoms with van der Waals surface area (Å²) in [4.78, 5) is 7.15. The number of pyridine rings is 1. The first-order valence-electron chi connectivity index (χ1n) is 7.81. The maximum Gasteiger partial charge on any atom is 0.0576 e. The molecule has 2 fully saturated rings. The van der Waals surface area contributed by atoms with Crippen LogP contribution in [0.3, 0.4) is 0 Å². The fraction of sp³-hybridized carbons (Fsp3) is 0.389. The Morgan fingerprint density at radius 2 is 1.90 bits per heavy atom. The minimum Gasteiger partial charge on any atom is -0.308 e. The SMILES string of the molecule is c1ccc(CN2CC3CNC(c4ccccn4)C3C2)cc1. The molecule has 3 nitrogen and oxygen atoms in total. The van der Waals surface area contributed by atoms with Crippen LogP contribution in [0.15, 0.2) is 54.7 Å². The molecule has 1 aromatic carbocycles. The van der Waals surface area contributed by atoms with E-state index in [0.717, 1.165) is 19.0 Å². The van der Waals surface area contributed by atoms with Crippen molar-refractivity contribution in [1.29, 1.82) is 0 Å². The predicted molar refractivity (Wildman–Crippen MR) is 83.7 cm³/mol. The number of nitrogens with one attached hydrogen (secondary N) is 1. The Hall–Kier alpha value is -1.71. The van der Waals surface area contributed by atoms with Gasteiger partial charge in [0.1, 0.15) is 0 Å². The number of nitrogens with zero attached hydrogens (tertiary/aromatic N) is 2. The molecule has 0 radical (unpaired) electrons. The highest BCUT2D eigenvalue weighted by Gasteiger charge is 2.43. The number of likely N-dealkylation sites (tertiary alicyclic amines) is 1. The molecule has 0 saturated carbocycles. The van der Waals surface area contributed by atoms with Gasteiger partial charge in [-0.3, -0.25) is 9.88 Å². The molecule has 3 unspecified atom stereocenters. The third-order valence-electron chi connectivity index (χ3n) is 4.85. The smallest absolute Gasteiger partial charge is 0.0576 e. The van der Waals surface area contributed by atoms with Gasteiger partial charge in [0.05, 0.1) is 11.7 Å². The van der Waals surface area contributed by atoms with E-state index in [9.17, 15) is 0 Å². The predicted octanol–water partition coefficient (Wildman–Crippen LogP) is 2.47. The van der Waals surface area contributed by atoms with E-state index in [1.165, 1.54) is 24.3 Å². The Morgan fingerprint density at radius 3 is 2.71 bits per heavy atom. The summed E-state index contributed by atoms with van der Waals surface area (Å²) in [5, 5.41) is 3.67. The summed E-state index contributed by atoms with van der Waals surface area (Å²) >= 11 is 0. The van der Waals surface area contributed by atoms with Crippen molar-refractivity contribution in [2.45, 2.75) is 12.6 Å². The molecule has 4 rings (SSSR count). The largest absolute Gasteiger partial charge is 0.308 e. The van der Waals surface area contributed by atoms with Crippen LogP contribution in [0.1, 0.15) is 17.3 Å². The minimum absolute atomic E-state index is 0.428. The molecule has 1 N–H and O–H groups in total. The lowest BCUT2D eigenvalue weighted by molar-refractivity contribution is 0.293. The third-order valence-corrected chi connectivity index (χ3v) is 4.85. The Bertz CT molecular complexity index is 584. The van der Waals surface area contributed by atoms with Crippen LogP contribution >= 0.6 is 0 Å². The first kappa shape index (κ1) is 13.0. The molecule has 1 aromatic heterocycles. The molecule has 2 aliphatic rings. The summed E-state index contributed by atoms with van der Waals surface area (Å²) in [5.74, 6) is 1.46. The van der Waals surface area contributed by atoms with Gasteiger partial charge in [-0.2, -0.15) is 0 Å². The molecule has 0 aliphatic carbocycles. The van der Waals surface area contributed by atoms with Gasteiger partial charge in [0, 0.05) is 32.4 Å². The molecule has 2 aliphatic heterocycles. The average molecular weight is 279 g/mol. The van der Waals surface area contributed by atoms with E-state index < -0.39 is 0 Å². The number of rotatable bonds is 3. The molecule has 2 saturated heterocycles. The first-order chi connectivity index (χ1) is 10.4. The fourth-order valence-electron chi connectivity index (χ4n) is 3.87. The summed E-state index contributed by atoms with van der Waals surface area (Å²) in [6.07, 6.45) is 1.90. The molecule has 2 aromatic rings. The number of benzene rings is 1. The van der Waals surface area contributed by atoms with E-state index in [1.807, 2.05) is 12.3 Å². The number of aromatic nitrogens is 1. The molecule has 0 spiro atoms. The second-order valence-electron chi connectivity index (χ2n) is 6.24. The maximum atomic E-state index is 4.55. The van der Waals surface area contributed by atoms with E-state index in [4.69, 9.17) is 0 Å². The second-order valence-corrected chi connectivity index (χ2v) is 6.24. The second kappa shape index (κ2) is 5.58. The van der Waals surface area contributed by atoms with Gasteiger partial charge in [-0.1, -0.05) is 36.4 Å². The lowest BCUT2D eigenvalue weighted by Gasteiger charge is -2.20. The van der Waals surface area contributed by atoms with Gasteiger partial charge in [-0.25, -0.2) is 0 Å². The molecule has 3 atom stereocenters. The lowest BCUT2D eigenvalue weighted by Crippen LogP contribution is -2.27. The first-order valence-corrected chi connectivity index (χ1v) is 7.81. The van der Waals surface area contributed by atoms with E-state index >= 15 is 0 Å².